The third-order valence-corrected chi connectivity index (χ3v) is 5.43. The van der Waals surface area contributed by atoms with E-state index in [4.69, 9.17) is 9.15 Å². The first-order chi connectivity index (χ1) is 14.9. The highest BCUT2D eigenvalue weighted by molar-refractivity contribution is 5.80. The smallest absolute Gasteiger partial charge is 0.410 e. The number of ether oxygens (including phenoxy) is 1. The number of halogens is 1. The molecule has 0 radical (unpaired) electrons. The summed E-state index contributed by atoms with van der Waals surface area (Å²) in [5.41, 5.74) is 2.94. The lowest BCUT2D eigenvalue weighted by Crippen LogP contribution is -2.39. The van der Waals surface area contributed by atoms with Gasteiger partial charge in [-0.15, -0.1) is 0 Å². The molecule has 1 aromatic heterocycles. The van der Waals surface area contributed by atoms with Crippen LogP contribution in [0.1, 0.15) is 44.1 Å². The predicted octanol–water partition coefficient (Wildman–Crippen LogP) is 5.62. The summed E-state index contributed by atoms with van der Waals surface area (Å²) in [6, 6.07) is 10.0. The highest BCUT2D eigenvalue weighted by Crippen LogP contribution is 2.32. The van der Waals surface area contributed by atoms with E-state index in [1.165, 1.54) is 6.07 Å². The molecule has 0 atom stereocenters. The monoisotopic (exact) mass is 425 g/mol. The molecule has 0 N–H and O–H groups in total. The number of carbonyl (C=O) groups excluding carboxylic acids is 1. The molecule has 3 aromatic rings. The molecule has 0 saturated carbocycles. The summed E-state index contributed by atoms with van der Waals surface area (Å²) in [6.45, 7) is 4.79. The minimum atomic E-state index is -0.412. The maximum Gasteiger partial charge on any atom is 0.410 e. The Labute approximate surface area is 179 Å². The average molecular weight is 425 g/mol. The Morgan fingerprint density at radius 1 is 1.26 bits per heavy atom. The third-order valence-electron chi connectivity index (χ3n) is 5.43. The molecule has 7 nitrogen and oxygen atoms in total. The Bertz CT molecular complexity index is 1100. The van der Waals surface area contributed by atoms with Gasteiger partial charge >= 0.3 is 6.09 Å². The highest BCUT2D eigenvalue weighted by Gasteiger charge is 2.28. The number of likely N-dealkylation sites (tertiary alicyclic amines) is 1. The van der Waals surface area contributed by atoms with Crippen molar-refractivity contribution in [2.24, 2.45) is 5.18 Å². The maximum atomic E-state index is 14.5. The van der Waals surface area contributed by atoms with Crippen molar-refractivity contribution < 1.29 is 18.3 Å². The molecule has 8 heteroatoms. The van der Waals surface area contributed by atoms with Crippen LogP contribution in [0.4, 0.5) is 9.18 Å². The number of amides is 1. The SMILES string of the molecule is CC(C)OC(=O)N1CCC(c2nc3cc(-c4ccc(CN=O)cc4F)ccc3o2)CC1. The van der Waals surface area contributed by atoms with Crippen molar-refractivity contribution in [3.63, 3.8) is 0 Å². The normalized spacial score (nSPS) is 14.9. The first-order valence-electron chi connectivity index (χ1n) is 10.4. The van der Waals surface area contributed by atoms with Crippen molar-refractivity contribution in [1.82, 2.24) is 9.88 Å². The van der Waals surface area contributed by atoms with Crippen molar-refractivity contribution in [1.29, 1.82) is 0 Å². The van der Waals surface area contributed by atoms with Crippen LogP contribution in [0.2, 0.25) is 0 Å². The third kappa shape index (κ3) is 4.57. The molecule has 0 aliphatic carbocycles. The van der Waals surface area contributed by atoms with Crippen LogP contribution < -0.4 is 0 Å². The number of carbonyl (C=O) groups is 1. The minimum absolute atomic E-state index is 0.0586. The zero-order valence-electron chi connectivity index (χ0n) is 17.5. The number of piperidine rings is 1. The molecule has 4 rings (SSSR count). The quantitative estimate of drug-likeness (QED) is 0.495. The van der Waals surface area contributed by atoms with Gasteiger partial charge in [-0.2, -0.15) is 4.91 Å². The van der Waals surface area contributed by atoms with Crippen LogP contribution >= 0.6 is 0 Å². The first kappa shape index (κ1) is 21.0. The lowest BCUT2D eigenvalue weighted by atomic mass is 9.97. The number of aromatic nitrogens is 1. The highest BCUT2D eigenvalue weighted by atomic mass is 19.1. The topological polar surface area (TPSA) is 85.0 Å². The fraction of sp³-hybridized carbons (Fsp3) is 0.391. The Hall–Kier alpha value is -3.29. The number of benzene rings is 2. The van der Waals surface area contributed by atoms with Gasteiger partial charge in [-0.25, -0.2) is 14.2 Å². The summed E-state index contributed by atoms with van der Waals surface area (Å²) in [6.07, 6.45) is 1.06. The molecule has 1 fully saturated rings. The van der Waals surface area contributed by atoms with E-state index in [0.29, 0.717) is 46.8 Å². The number of fused-ring (bicyclic) bond motifs is 1. The average Bonchev–Trinajstić information content (AvgIpc) is 3.17. The molecule has 1 amide bonds. The Morgan fingerprint density at radius 3 is 2.71 bits per heavy atom. The van der Waals surface area contributed by atoms with Crippen molar-refractivity contribution in [2.75, 3.05) is 13.1 Å². The number of hydrogen-bond donors (Lipinski definition) is 0. The van der Waals surface area contributed by atoms with Crippen LogP contribution in [0.15, 0.2) is 46.0 Å². The fourth-order valence-electron chi connectivity index (χ4n) is 3.84. The molecular formula is C23H24FN3O4. The maximum absolute atomic E-state index is 14.5. The summed E-state index contributed by atoms with van der Waals surface area (Å²) < 4.78 is 25.7. The van der Waals surface area contributed by atoms with Gasteiger partial charge in [-0.3, -0.25) is 0 Å². The molecule has 2 aromatic carbocycles. The second-order valence-electron chi connectivity index (χ2n) is 8.03. The zero-order valence-corrected chi connectivity index (χ0v) is 17.5. The van der Waals surface area contributed by atoms with Gasteiger partial charge < -0.3 is 14.1 Å². The van der Waals surface area contributed by atoms with E-state index < -0.39 is 5.82 Å². The summed E-state index contributed by atoms with van der Waals surface area (Å²) in [4.78, 5) is 28.8. The van der Waals surface area contributed by atoms with E-state index in [-0.39, 0.29) is 24.7 Å². The Morgan fingerprint density at radius 2 is 2.03 bits per heavy atom. The first-order valence-corrected chi connectivity index (χ1v) is 10.4. The van der Waals surface area contributed by atoms with Crippen LogP contribution in [0.25, 0.3) is 22.2 Å². The number of oxazole rings is 1. The Balaban J connectivity index is 1.50. The van der Waals surface area contributed by atoms with Gasteiger partial charge in [-0.05, 0) is 56.0 Å². The van der Waals surface area contributed by atoms with Crippen molar-refractivity contribution in [2.45, 2.75) is 45.3 Å². The zero-order chi connectivity index (χ0) is 22.0. The lowest BCUT2D eigenvalue weighted by Gasteiger charge is -2.30. The van der Waals surface area contributed by atoms with E-state index in [0.717, 1.165) is 12.8 Å². The van der Waals surface area contributed by atoms with Crippen LogP contribution in [-0.4, -0.2) is 35.2 Å². The van der Waals surface area contributed by atoms with E-state index in [1.54, 1.807) is 35.2 Å². The van der Waals surface area contributed by atoms with Gasteiger partial charge in [0, 0.05) is 24.6 Å². The Kier molecular flexibility index (Phi) is 5.97. The fourth-order valence-corrected chi connectivity index (χ4v) is 3.84. The molecular weight excluding hydrogens is 401 g/mol. The number of hydrogen-bond acceptors (Lipinski definition) is 6. The van der Waals surface area contributed by atoms with Gasteiger partial charge in [0.15, 0.2) is 11.5 Å². The summed E-state index contributed by atoms with van der Waals surface area (Å²) in [5, 5.41) is 2.80. The molecule has 31 heavy (non-hydrogen) atoms. The van der Waals surface area contributed by atoms with Crippen LogP contribution in [0, 0.1) is 10.7 Å². The van der Waals surface area contributed by atoms with E-state index >= 15 is 0 Å². The van der Waals surface area contributed by atoms with Gasteiger partial charge in [0.1, 0.15) is 17.9 Å². The minimum Gasteiger partial charge on any atom is -0.447 e. The molecule has 0 bridgehead atoms. The van der Waals surface area contributed by atoms with Gasteiger partial charge in [0.05, 0.1) is 6.10 Å². The summed E-state index contributed by atoms with van der Waals surface area (Å²) in [5.74, 6) is 0.340. The summed E-state index contributed by atoms with van der Waals surface area (Å²) in [7, 11) is 0. The van der Waals surface area contributed by atoms with Gasteiger partial charge in [0.2, 0.25) is 0 Å². The van der Waals surface area contributed by atoms with Crippen LogP contribution in [-0.2, 0) is 11.3 Å². The van der Waals surface area contributed by atoms with Crippen molar-refractivity contribution in [3.8, 4) is 11.1 Å². The molecule has 2 heterocycles. The van der Waals surface area contributed by atoms with Crippen LogP contribution in [0.3, 0.4) is 0 Å². The van der Waals surface area contributed by atoms with Gasteiger partial charge in [0.25, 0.3) is 0 Å². The van der Waals surface area contributed by atoms with Crippen molar-refractivity contribution in [3.05, 3.63) is 58.6 Å². The summed E-state index contributed by atoms with van der Waals surface area (Å²) >= 11 is 0. The molecule has 1 aliphatic heterocycles. The molecule has 1 saturated heterocycles. The van der Waals surface area contributed by atoms with Crippen LogP contribution in [0.5, 0.6) is 0 Å². The van der Waals surface area contributed by atoms with Gasteiger partial charge in [-0.1, -0.05) is 23.4 Å². The predicted molar refractivity (Wildman–Crippen MR) is 114 cm³/mol. The molecule has 0 spiro atoms. The number of nitrogens with zero attached hydrogens (tertiary/aromatic N) is 3. The van der Waals surface area contributed by atoms with E-state index in [9.17, 15) is 14.1 Å². The number of nitroso groups, excluding NO2 is 1. The second kappa shape index (κ2) is 8.83. The lowest BCUT2D eigenvalue weighted by molar-refractivity contribution is 0.0681. The van der Waals surface area contributed by atoms with E-state index in [1.807, 2.05) is 13.8 Å². The largest absolute Gasteiger partial charge is 0.447 e. The standard InChI is InChI=1S/C23H24FN3O4/c1-14(2)30-23(28)27-9-7-16(8-10-27)22-26-20-12-17(4-6-21(20)31-22)18-5-3-15(13-25-29)11-19(18)24/h3-6,11-12,14,16H,7-10,13H2,1-2H3. The van der Waals surface area contributed by atoms with E-state index in [2.05, 4.69) is 10.2 Å². The second-order valence-corrected chi connectivity index (χ2v) is 8.03. The molecule has 1 aliphatic rings. The number of rotatable bonds is 5. The van der Waals surface area contributed by atoms with Crippen molar-refractivity contribution >= 4 is 17.2 Å². The molecule has 0 unspecified atom stereocenters. The molecule has 162 valence electrons.